The molecule has 1 radical (unpaired) electrons. The molecule has 0 spiro atoms. The van der Waals surface area contributed by atoms with E-state index < -0.39 is 5.97 Å². The Balaban J connectivity index is 0.00000676. The predicted molar refractivity (Wildman–Crippen MR) is 115 cm³/mol. The largest absolute Gasteiger partial charge is 0.507 e. The number of aromatic hydroxyl groups is 1. The van der Waals surface area contributed by atoms with Gasteiger partial charge >= 0.3 is 5.97 Å². The second-order valence-corrected chi connectivity index (χ2v) is 7.50. The van der Waals surface area contributed by atoms with Crippen LogP contribution >= 0.6 is 0 Å². The van der Waals surface area contributed by atoms with Crippen LogP contribution in [0.4, 0.5) is 0 Å². The van der Waals surface area contributed by atoms with Crippen molar-refractivity contribution in [1.29, 1.82) is 0 Å². The minimum absolute atomic E-state index is 0. The zero-order valence-corrected chi connectivity index (χ0v) is 19.6. The van der Waals surface area contributed by atoms with E-state index in [1.165, 1.54) is 89.5 Å². The molecule has 27 heavy (non-hydrogen) atoms. The summed E-state index contributed by atoms with van der Waals surface area (Å²) in [6, 6.07) is 4.91. The molecule has 1 rings (SSSR count). The Hall–Kier alpha value is -0.510. The fraction of sp³-hybridized carbons (Fsp3) is 0.696. The maximum Gasteiger partial charge on any atom is 0.339 e. The van der Waals surface area contributed by atoms with E-state index in [1.54, 1.807) is 6.07 Å². The van der Waals surface area contributed by atoms with Gasteiger partial charge < -0.3 is 10.2 Å². The van der Waals surface area contributed by atoms with Crippen molar-refractivity contribution in [3.8, 4) is 5.75 Å². The number of aromatic carboxylic acids is 1. The first kappa shape index (κ1) is 26.5. The molecule has 0 bridgehead atoms. The van der Waals surface area contributed by atoms with Crippen molar-refractivity contribution in [2.24, 2.45) is 0 Å². The van der Waals surface area contributed by atoms with Gasteiger partial charge in [-0.1, -0.05) is 96.5 Å². The molecule has 4 heteroatoms. The number of phenols is 1. The third-order valence-corrected chi connectivity index (χ3v) is 5.11. The number of carboxylic acid groups (broad SMARTS) is 1. The number of hydrogen-bond donors (Lipinski definition) is 2. The van der Waals surface area contributed by atoms with E-state index in [4.69, 9.17) is 5.11 Å². The molecule has 0 saturated heterocycles. The van der Waals surface area contributed by atoms with Crippen LogP contribution < -0.4 is 0 Å². The molecule has 0 aliphatic heterocycles. The smallest absolute Gasteiger partial charge is 0.339 e. The predicted octanol–water partition coefficient (Wildman–Crippen LogP) is 6.73. The van der Waals surface area contributed by atoms with E-state index in [9.17, 15) is 9.90 Å². The summed E-state index contributed by atoms with van der Waals surface area (Å²) < 4.78 is 0. The average molecular weight is 386 g/mol. The second-order valence-electron chi connectivity index (χ2n) is 7.50. The first-order chi connectivity index (χ1) is 12.6. The van der Waals surface area contributed by atoms with Gasteiger partial charge in [-0.05, 0) is 30.5 Å². The van der Waals surface area contributed by atoms with Crippen LogP contribution in [-0.2, 0) is 6.42 Å². The molecule has 0 saturated carbocycles. The van der Waals surface area contributed by atoms with Crippen LogP contribution in [0.15, 0.2) is 18.2 Å². The quantitative estimate of drug-likeness (QED) is 0.245. The topological polar surface area (TPSA) is 57.5 Å². The van der Waals surface area contributed by atoms with Gasteiger partial charge in [-0.15, -0.1) is 0 Å². The number of benzene rings is 1. The normalized spacial score (nSPS) is 10.6. The average Bonchev–Trinajstić information content (AvgIpc) is 2.63. The van der Waals surface area contributed by atoms with Crippen molar-refractivity contribution in [3.63, 3.8) is 0 Å². The molecule has 0 heterocycles. The molecular weight excluding hydrogens is 347 g/mol. The number of carboxylic acids is 1. The molecule has 0 aliphatic rings. The van der Waals surface area contributed by atoms with Gasteiger partial charge in [0.2, 0.25) is 0 Å². The summed E-state index contributed by atoms with van der Waals surface area (Å²) in [4.78, 5) is 11.0. The maximum absolute atomic E-state index is 11.0. The number of carbonyl (C=O) groups is 1. The third kappa shape index (κ3) is 13.3. The summed E-state index contributed by atoms with van der Waals surface area (Å²) in [5, 5.41) is 18.5. The van der Waals surface area contributed by atoms with Gasteiger partial charge in [-0.3, -0.25) is 0 Å². The zero-order chi connectivity index (χ0) is 19.0. The first-order valence-corrected chi connectivity index (χ1v) is 10.7. The number of rotatable bonds is 16. The van der Waals surface area contributed by atoms with Crippen LogP contribution in [-0.4, -0.2) is 45.7 Å². The second kappa shape index (κ2) is 17.6. The summed E-state index contributed by atoms with van der Waals surface area (Å²) in [6.07, 6.45) is 19.6. The fourth-order valence-corrected chi connectivity index (χ4v) is 3.43. The van der Waals surface area contributed by atoms with Crippen molar-refractivity contribution in [3.05, 3.63) is 29.3 Å². The van der Waals surface area contributed by atoms with Crippen molar-refractivity contribution in [1.82, 2.24) is 0 Å². The van der Waals surface area contributed by atoms with E-state index in [2.05, 4.69) is 6.92 Å². The molecule has 0 aromatic heterocycles. The summed E-state index contributed by atoms with van der Waals surface area (Å²) in [6.45, 7) is 2.27. The maximum atomic E-state index is 11.0. The summed E-state index contributed by atoms with van der Waals surface area (Å²) in [5.74, 6) is -1.22. The SMILES string of the molecule is CCCCCCCCCCCCCCCCc1ccc(O)c(C(=O)O)c1.[Na]. The summed E-state index contributed by atoms with van der Waals surface area (Å²) in [5.41, 5.74) is 1.01. The molecule has 149 valence electrons. The molecule has 1 aromatic rings. The molecule has 0 fully saturated rings. The van der Waals surface area contributed by atoms with Crippen molar-refractivity contribution in [2.45, 2.75) is 103 Å². The van der Waals surface area contributed by atoms with Crippen LogP contribution in [0, 0.1) is 0 Å². The van der Waals surface area contributed by atoms with E-state index >= 15 is 0 Å². The van der Waals surface area contributed by atoms with Crippen molar-refractivity contribution < 1.29 is 15.0 Å². The van der Waals surface area contributed by atoms with Gasteiger partial charge in [0.25, 0.3) is 0 Å². The Bertz CT molecular complexity index is 502. The van der Waals surface area contributed by atoms with Crippen LogP contribution in [0.5, 0.6) is 5.75 Å². The van der Waals surface area contributed by atoms with Crippen molar-refractivity contribution >= 4 is 35.5 Å². The van der Waals surface area contributed by atoms with Crippen LogP contribution in [0.25, 0.3) is 0 Å². The monoisotopic (exact) mass is 385 g/mol. The standard InChI is InChI=1S/C23H38O3.Na/c1-2-3-4-5-6-7-8-9-10-11-12-13-14-15-16-20-17-18-22(24)21(19-20)23(25)26;/h17-19,24H,2-16H2,1H3,(H,25,26);. The van der Waals surface area contributed by atoms with Crippen molar-refractivity contribution in [2.75, 3.05) is 0 Å². The first-order valence-electron chi connectivity index (χ1n) is 10.7. The zero-order valence-electron chi connectivity index (χ0n) is 17.6. The molecule has 2 N–H and O–H groups in total. The van der Waals surface area contributed by atoms with Crippen LogP contribution in [0.1, 0.15) is 113 Å². The van der Waals surface area contributed by atoms with E-state index in [0.29, 0.717) is 0 Å². The molecule has 1 aromatic carbocycles. The van der Waals surface area contributed by atoms with Gasteiger partial charge in [-0.2, -0.15) is 0 Å². The van der Waals surface area contributed by atoms with Gasteiger partial charge in [0.05, 0.1) is 0 Å². The third-order valence-electron chi connectivity index (χ3n) is 5.11. The Kier molecular flexibility index (Phi) is 17.2. The fourth-order valence-electron chi connectivity index (χ4n) is 3.43. The Morgan fingerprint density at radius 2 is 1.22 bits per heavy atom. The molecule has 0 unspecified atom stereocenters. The van der Waals surface area contributed by atoms with E-state index in [0.717, 1.165) is 18.4 Å². The van der Waals surface area contributed by atoms with Crippen LogP contribution in [0.3, 0.4) is 0 Å². The molecule has 0 atom stereocenters. The summed E-state index contributed by atoms with van der Waals surface area (Å²) >= 11 is 0. The summed E-state index contributed by atoms with van der Waals surface area (Å²) in [7, 11) is 0. The number of hydrogen-bond acceptors (Lipinski definition) is 2. The van der Waals surface area contributed by atoms with Gasteiger partial charge in [0.1, 0.15) is 11.3 Å². The van der Waals surface area contributed by atoms with E-state index in [-0.39, 0.29) is 40.9 Å². The molecule has 0 aliphatic carbocycles. The number of unbranched alkanes of at least 4 members (excludes halogenated alkanes) is 13. The van der Waals surface area contributed by atoms with Gasteiger partial charge in [0.15, 0.2) is 0 Å². The minimum Gasteiger partial charge on any atom is -0.507 e. The molecule has 0 amide bonds. The molecule has 3 nitrogen and oxygen atoms in total. The minimum atomic E-state index is -1.06. The van der Waals surface area contributed by atoms with Gasteiger partial charge in [-0.25, -0.2) is 4.79 Å². The number of aryl methyl sites for hydroxylation is 1. The Morgan fingerprint density at radius 1 is 0.778 bits per heavy atom. The van der Waals surface area contributed by atoms with E-state index in [1.807, 2.05) is 6.07 Å². The molecular formula is C23H38NaO3. The van der Waals surface area contributed by atoms with Gasteiger partial charge in [0, 0.05) is 29.6 Å². The Labute approximate surface area is 188 Å². The van der Waals surface area contributed by atoms with Crippen LogP contribution in [0.2, 0.25) is 0 Å². The Morgan fingerprint density at radius 3 is 1.67 bits per heavy atom.